The summed E-state index contributed by atoms with van der Waals surface area (Å²) in [6, 6.07) is 0. The van der Waals surface area contributed by atoms with E-state index in [1.54, 1.807) is 6.08 Å². The monoisotopic (exact) mass is 268 g/mol. The van der Waals surface area contributed by atoms with Gasteiger partial charge < -0.3 is 4.43 Å². The lowest BCUT2D eigenvalue weighted by atomic mass is 9.80. The van der Waals surface area contributed by atoms with E-state index >= 15 is 0 Å². The summed E-state index contributed by atoms with van der Waals surface area (Å²) in [5.74, 6) is 1.09. The number of carbonyl (C=O) groups is 1. The second-order valence-corrected chi connectivity index (χ2v) is 12.0. The van der Waals surface area contributed by atoms with Crippen LogP contribution in [0.1, 0.15) is 41.0 Å². The van der Waals surface area contributed by atoms with Crippen molar-refractivity contribution >= 4 is 14.1 Å². The third-order valence-corrected chi connectivity index (χ3v) is 9.11. The van der Waals surface area contributed by atoms with Crippen LogP contribution in [0.15, 0.2) is 11.6 Å². The number of hydrogen-bond donors (Lipinski definition) is 0. The molecule has 1 rings (SSSR count). The largest absolute Gasteiger partial charge is 0.416 e. The lowest BCUT2D eigenvalue weighted by Gasteiger charge is -2.38. The molecule has 0 saturated carbocycles. The number of hydrogen-bond acceptors (Lipinski definition) is 2. The van der Waals surface area contributed by atoms with Crippen molar-refractivity contribution in [1.82, 2.24) is 0 Å². The average molecular weight is 268 g/mol. The highest BCUT2D eigenvalue weighted by Gasteiger charge is 2.38. The predicted octanol–water partition coefficient (Wildman–Crippen LogP) is 4.18. The van der Waals surface area contributed by atoms with Gasteiger partial charge in [0.2, 0.25) is 0 Å². The molecule has 2 nitrogen and oxygen atoms in total. The minimum atomic E-state index is -1.68. The quantitative estimate of drug-likeness (QED) is 0.718. The summed E-state index contributed by atoms with van der Waals surface area (Å²) in [6.45, 7) is 16.3. The number of allylic oxidation sites excluding steroid dienone is 1. The number of carbonyl (C=O) groups excluding carboxylic acids is 1. The molecule has 0 amide bonds. The molecule has 0 aliphatic heterocycles. The highest BCUT2D eigenvalue weighted by molar-refractivity contribution is 6.74. The molecular formula is C15H28O2Si. The van der Waals surface area contributed by atoms with E-state index in [1.165, 1.54) is 5.57 Å². The van der Waals surface area contributed by atoms with E-state index < -0.39 is 8.32 Å². The molecule has 3 heteroatoms. The van der Waals surface area contributed by atoms with Gasteiger partial charge in [0, 0.05) is 18.9 Å². The second kappa shape index (κ2) is 5.30. The fourth-order valence-corrected chi connectivity index (χ4v) is 3.17. The van der Waals surface area contributed by atoms with E-state index in [9.17, 15) is 4.79 Å². The molecule has 0 aromatic carbocycles. The maximum absolute atomic E-state index is 11.5. The Morgan fingerprint density at radius 2 is 1.94 bits per heavy atom. The first-order valence-corrected chi connectivity index (χ1v) is 9.80. The predicted molar refractivity (Wildman–Crippen MR) is 79.2 cm³/mol. The molecule has 0 saturated heterocycles. The van der Waals surface area contributed by atoms with Crippen molar-refractivity contribution in [3.63, 3.8) is 0 Å². The summed E-state index contributed by atoms with van der Waals surface area (Å²) < 4.78 is 6.30. The van der Waals surface area contributed by atoms with Crippen molar-refractivity contribution in [2.75, 3.05) is 6.61 Å². The van der Waals surface area contributed by atoms with Gasteiger partial charge in [0.05, 0.1) is 0 Å². The minimum Gasteiger partial charge on any atom is -0.416 e. The molecule has 0 N–H and O–H groups in total. The summed E-state index contributed by atoms with van der Waals surface area (Å²) in [5, 5.41) is 0.248. The molecule has 0 radical (unpaired) electrons. The SMILES string of the molecule is CC1=CC(=O)C[C@@H](C)[C@@H]1CO[Si](C)(C)C(C)(C)C. The Labute approximate surface area is 113 Å². The van der Waals surface area contributed by atoms with E-state index in [1.807, 2.05) is 0 Å². The number of rotatable bonds is 3. The molecule has 0 unspecified atom stereocenters. The molecule has 0 aromatic heterocycles. The lowest BCUT2D eigenvalue weighted by Crippen LogP contribution is -2.43. The summed E-state index contributed by atoms with van der Waals surface area (Å²) >= 11 is 0. The minimum absolute atomic E-state index is 0.248. The van der Waals surface area contributed by atoms with Crippen LogP contribution in [0.25, 0.3) is 0 Å². The van der Waals surface area contributed by atoms with Crippen LogP contribution < -0.4 is 0 Å². The zero-order valence-electron chi connectivity index (χ0n) is 13.0. The van der Waals surface area contributed by atoms with Crippen LogP contribution in [0, 0.1) is 11.8 Å². The fraction of sp³-hybridized carbons (Fsp3) is 0.800. The van der Waals surface area contributed by atoms with Gasteiger partial charge in [0.15, 0.2) is 14.1 Å². The second-order valence-electron chi connectivity index (χ2n) is 7.21. The first-order valence-electron chi connectivity index (χ1n) is 6.89. The van der Waals surface area contributed by atoms with Crippen molar-refractivity contribution < 1.29 is 9.22 Å². The molecule has 18 heavy (non-hydrogen) atoms. The van der Waals surface area contributed by atoms with Gasteiger partial charge in [-0.25, -0.2) is 0 Å². The Hall–Kier alpha value is -0.413. The maximum Gasteiger partial charge on any atom is 0.192 e. The van der Waals surface area contributed by atoms with E-state index in [0.29, 0.717) is 18.3 Å². The molecule has 1 aliphatic rings. The van der Waals surface area contributed by atoms with Gasteiger partial charge in [-0.15, -0.1) is 0 Å². The van der Waals surface area contributed by atoms with Crippen LogP contribution in [0.5, 0.6) is 0 Å². The fourth-order valence-electron chi connectivity index (χ4n) is 2.14. The Balaban J connectivity index is 2.69. The van der Waals surface area contributed by atoms with Crippen molar-refractivity contribution in [2.45, 2.75) is 59.2 Å². The molecule has 2 atom stereocenters. The Kier molecular flexibility index (Phi) is 4.60. The zero-order chi connectivity index (χ0) is 14.1. The van der Waals surface area contributed by atoms with Gasteiger partial charge in [-0.3, -0.25) is 4.79 Å². The third-order valence-electron chi connectivity index (χ3n) is 4.61. The summed E-state index contributed by atoms with van der Waals surface area (Å²) in [6.07, 6.45) is 2.47. The Bertz CT molecular complexity index is 350. The molecule has 0 aromatic rings. The molecule has 0 fully saturated rings. The third kappa shape index (κ3) is 3.54. The van der Waals surface area contributed by atoms with Gasteiger partial charge >= 0.3 is 0 Å². The Morgan fingerprint density at radius 3 is 2.39 bits per heavy atom. The summed E-state index contributed by atoms with van der Waals surface area (Å²) in [7, 11) is -1.68. The van der Waals surface area contributed by atoms with Gasteiger partial charge in [0.1, 0.15) is 0 Å². The van der Waals surface area contributed by atoms with Crippen LogP contribution in [-0.4, -0.2) is 20.7 Å². The highest BCUT2D eigenvalue weighted by Crippen LogP contribution is 2.38. The van der Waals surface area contributed by atoms with E-state index in [-0.39, 0.29) is 10.8 Å². The molecular weight excluding hydrogens is 240 g/mol. The Morgan fingerprint density at radius 1 is 1.39 bits per heavy atom. The van der Waals surface area contributed by atoms with Gasteiger partial charge in [-0.1, -0.05) is 33.3 Å². The number of ketones is 1. The van der Waals surface area contributed by atoms with Gasteiger partial charge in [-0.2, -0.15) is 0 Å². The van der Waals surface area contributed by atoms with E-state index in [4.69, 9.17) is 4.43 Å². The highest BCUT2D eigenvalue weighted by atomic mass is 28.4. The normalized spacial score (nSPS) is 26.2. The van der Waals surface area contributed by atoms with Crippen LogP contribution in [-0.2, 0) is 9.22 Å². The molecule has 0 heterocycles. The molecule has 0 bridgehead atoms. The van der Waals surface area contributed by atoms with Crippen molar-refractivity contribution in [2.24, 2.45) is 11.8 Å². The first kappa shape index (κ1) is 15.6. The van der Waals surface area contributed by atoms with Crippen molar-refractivity contribution in [1.29, 1.82) is 0 Å². The molecule has 104 valence electrons. The van der Waals surface area contributed by atoms with Crippen molar-refractivity contribution in [3.05, 3.63) is 11.6 Å². The van der Waals surface area contributed by atoms with Crippen LogP contribution >= 0.6 is 0 Å². The van der Waals surface area contributed by atoms with Gasteiger partial charge in [-0.05, 0) is 37.0 Å². The van der Waals surface area contributed by atoms with Crippen LogP contribution in [0.3, 0.4) is 0 Å². The van der Waals surface area contributed by atoms with Gasteiger partial charge in [0.25, 0.3) is 0 Å². The lowest BCUT2D eigenvalue weighted by molar-refractivity contribution is -0.116. The van der Waals surface area contributed by atoms with Crippen LogP contribution in [0.4, 0.5) is 0 Å². The standard InChI is InChI=1S/C15H28O2Si/c1-11-8-13(16)9-12(2)14(11)10-17-18(6,7)15(3,4)5/h8,12,14H,9-10H2,1-7H3/t12-,14-/m1/s1. The summed E-state index contributed by atoms with van der Waals surface area (Å²) in [5.41, 5.74) is 1.19. The van der Waals surface area contributed by atoms with E-state index in [2.05, 4.69) is 47.7 Å². The molecule has 0 spiro atoms. The maximum atomic E-state index is 11.5. The average Bonchev–Trinajstić information content (AvgIpc) is 2.13. The zero-order valence-corrected chi connectivity index (χ0v) is 14.0. The molecule has 1 aliphatic carbocycles. The topological polar surface area (TPSA) is 26.3 Å². The summed E-state index contributed by atoms with van der Waals surface area (Å²) in [4.78, 5) is 11.5. The van der Waals surface area contributed by atoms with Crippen molar-refractivity contribution in [3.8, 4) is 0 Å². The van der Waals surface area contributed by atoms with E-state index in [0.717, 1.165) is 6.61 Å². The first-order chi connectivity index (χ1) is 8.04. The van der Waals surface area contributed by atoms with Crippen LogP contribution in [0.2, 0.25) is 18.1 Å². The smallest absolute Gasteiger partial charge is 0.192 e.